The molecule has 0 radical (unpaired) electrons. The zero-order valence-corrected chi connectivity index (χ0v) is 10.3. The van der Waals surface area contributed by atoms with E-state index in [1.807, 2.05) is 43.7 Å². The van der Waals surface area contributed by atoms with Crippen LogP contribution in [0.5, 0.6) is 0 Å². The lowest BCUT2D eigenvalue weighted by Crippen LogP contribution is -2.24. The molecule has 2 rings (SSSR count). The lowest BCUT2D eigenvalue weighted by molar-refractivity contribution is 0.518. The summed E-state index contributed by atoms with van der Waals surface area (Å²) < 4.78 is 2.14. The topological polar surface area (TPSA) is 42.7 Å². The number of hydrogen-bond acceptors (Lipinski definition) is 3. The van der Waals surface area contributed by atoms with E-state index in [1.165, 1.54) is 0 Å². The van der Waals surface area contributed by atoms with Gasteiger partial charge in [-0.1, -0.05) is 6.07 Å². The molecule has 1 N–H and O–H groups in total. The van der Waals surface area contributed by atoms with Gasteiger partial charge in [-0.2, -0.15) is 0 Å². The van der Waals surface area contributed by atoms with E-state index in [9.17, 15) is 0 Å². The van der Waals surface area contributed by atoms with Gasteiger partial charge in [-0.05, 0) is 26.0 Å². The van der Waals surface area contributed by atoms with E-state index >= 15 is 0 Å². The predicted octanol–water partition coefficient (Wildman–Crippen LogP) is 1.94. The van der Waals surface area contributed by atoms with Gasteiger partial charge < -0.3 is 9.88 Å². The number of imidazole rings is 1. The van der Waals surface area contributed by atoms with Crippen molar-refractivity contribution in [2.75, 3.05) is 6.54 Å². The second kappa shape index (κ2) is 5.59. The van der Waals surface area contributed by atoms with Gasteiger partial charge in [0.25, 0.3) is 0 Å². The van der Waals surface area contributed by atoms with Crippen molar-refractivity contribution in [1.82, 2.24) is 19.9 Å². The molecule has 1 unspecified atom stereocenters. The Bertz CT molecular complexity index is 449. The Kier molecular flexibility index (Phi) is 3.88. The third-order valence-corrected chi connectivity index (χ3v) is 2.86. The number of rotatable bonds is 5. The molecule has 90 valence electrons. The van der Waals surface area contributed by atoms with E-state index < -0.39 is 0 Å². The van der Waals surface area contributed by atoms with E-state index in [0.717, 1.165) is 24.6 Å². The summed E-state index contributed by atoms with van der Waals surface area (Å²) in [6, 6.07) is 6.27. The van der Waals surface area contributed by atoms with Crippen LogP contribution >= 0.6 is 0 Å². The molecule has 0 aromatic carbocycles. The van der Waals surface area contributed by atoms with Gasteiger partial charge in [0.2, 0.25) is 0 Å². The van der Waals surface area contributed by atoms with Crippen molar-refractivity contribution < 1.29 is 0 Å². The Morgan fingerprint density at radius 1 is 1.29 bits per heavy atom. The molecule has 0 aliphatic carbocycles. The molecule has 2 aromatic rings. The van der Waals surface area contributed by atoms with Crippen LogP contribution in [0.1, 0.15) is 24.5 Å². The first-order chi connectivity index (χ1) is 8.27. The summed E-state index contributed by atoms with van der Waals surface area (Å²) in [6.07, 6.45) is 5.66. The van der Waals surface area contributed by atoms with Gasteiger partial charge in [-0.25, -0.2) is 4.98 Å². The number of nitrogens with zero attached hydrogens (tertiary/aromatic N) is 3. The molecule has 0 bridgehead atoms. The molecule has 0 spiro atoms. The molecular weight excluding hydrogens is 212 g/mol. The predicted molar refractivity (Wildman–Crippen MR) is 67.6 cm³/mol. The van der Waals surface area contributed by atoms with Crippen LogP contribution < -0.4 is 5.32 Å². The minimum atomic E-state index is 0.278. The van der Waals surface area contributed by atoms with E-state index in [-0.39, 0.29) is 6.04 Å². The van der Waals surface area contributed by atoms with Gasteiger partial charge in [0, 0.05) is 37.7 Å². The largest absolute Gasteiger partial charge is 0.334 e. The molecule has 2 aromatic heterocycles. The summed E-state index contributed by atoms with van der Waals surface area (Å²) >= 11 is 0. The maximum absolute atomic E-state index is 4.33. The first-order valence-electron chi connectivity index (χ1n) is 5.89. The van der Waals surface area contributed by atoms with Crippen molar-refractivity contribution in [3.8, 4) is 0 Å². The van der Waals surface area contributed by atoms with Crippen LogP contribution in [-0.4, -0.2) is 21.1 Å². The van der Waals surface area contributed by atoms with Crippen LogP contribution in [0.15, 0.2) is 36.8 Å². The summed E-state index contributed by atoms with van der Waals surface area (Å²) in [5, 5.41) is 3.45. The number of hydrogen-bond donors (Lipinski definition) is 1. The lowest BCUT2D eigenvalue weighted by atomic mass is 10.2. The highest BCUT2D eigenvalue weighted by Gasteiger charge is 2.04. The minimum Gasteiger partial charge on any atom is -0.334 e. The van der Waals surface area contributed by atoms with Crippen LogP contribution in [0.3, 0.4) is 0 Å². The van der Waals surface area contributed by atoms with Crippen LogP contribution in [0.2, 0.25) is 0 Å². The minimum absolute atomic E-state index is 0.278. The monoisotopic (exact) mass is 230 g/mol. The molecule has 2 heterocycles. The molecule has 4 nitrogen and oxygen atoms in total. The molecule has 0 saturated carbocycles. The van der Waals surface area contributed by atoms with E-state index in [1.54, 1.807) is 0 Å². The Balaban J connectivity index is 1.81. The Hall–Kier alpha value is -1.68. The second-order valence-corrected chi connectivity index (χ2v) is 4.10. The zero-order chi connectivity index (χ0) is 12.1. The highest BCUT2D eigenvalue weighted by atomic mass is 15.1. The number of aryl methyl sites for hydroxylation is 1. The van der Waals surface area contributed by atoms with Crippen molar-refractivity contribution in [2.45, 2.75) is 26.4 Å². The van der Waals surface area contributed by atoms with Crippen molar-refractivity contribution in [3.63, 3.8) is 0 Å². The summed E-state index contributed by atoms with van der Waals surface area (Å²) in [5.41, 5.74) is 1.08. The van der Waals surface area contributed by atoms with Crippen LogP contribution in [0.25, 0.3) is 0 Å². The number of pyridine rings is 1. The molecule has 4 heteroatoms. The van der Waals surface area contributed by atoms with Gasteiger partial charge in [0.05, 0.1) is 5.69 Å². The van der Waals surface area contributed by atoms with Gasteiger partial charge in [-0.15, -0.1) is 0 Å². The second-order valence-electron chi connectivity index (χ2n) is 4.10. The van der Waals surface area contributed by atoms with Crippen molar-refractivity contribution in [1.29, 1.82) is 0 Å². The first-order valence-corrected chi connectivity index (χ1v) is 5.89. The van der Waals surface area contributed by atoms with Crippen LogP contribution in [-0.2, 0) is 6.54 Å². The smallest absolute Gasteiger partial charge is 0.105 e. The van der Waals surface area contributed by atoms with Crippen molar-refractivity contribution in [2.24, 2.45) is 0 Å². The van der Waals surface area contributed by atoms with Crippen molar-refractivity contribution >= 4 is 0 Å². The summed E-state index contributed by atoms with van der Waals surface area (Å²) in [4.78, 5) is 8.53. The molecule has 1 atom stereocenters. The fourth-order valence-corrected chi connectivity index (χ4v) is 1.78. The highest BCUT2D eigenvalue weighted by molar-refractivity contribution is 5.07. The third kappa shape index (κ3) is 3.14. The Morgan fingerprint density at radius 3 is 2.82 bits per heavy atom. The van der Waals surface area contributed by atoms with Crippen LogP contribution in [0.4, 0.5) is 0 Å². The van der Waals surface area contributed by atoms with Crippen LogP contribution in [0, 0.1) is 6.92 Å². The average Bonchev–Trinajstić information content (AvgIpc) is 2.76. The molecule has 0 fully saturated rings. The number of aromatic nitrogens is 3. The quantitative estimate of drug-likeness (QED) is 0.853. The standard InChI is InChI=1S/C13H18N4/c1-11(13-5-3-4-6-16-13)14-7-9-17-10-8-15-12(17)2/h3-6,8,10-11,14H,7,9H2,1-2H3. The zero-order valence-electron chi connectivity index (χ0n) is 10.3. The van der Waals surface area contributed by atoms with Gasteiger partial charge >= 0.3 is 0 Å². The Labute approximate surface area is 102 Å². The van der Waals surface area contributed by atoms with E-state index in [0.29, 0.717) is 0 Å². The van der Waals surface area contributed by atoms with E-state index in [2.05, 4.69) is 26.8 Å². The normalized spacial score (nSPS) is 12.6. The maximum atomic E-state index is 4.33. The molecular formula is C13H18N4. The average molecular weight is 230 g/mol. The van der Waals surface area contributed by atoms with Gasteiger partial charge in [0.15, 0.2) is 0 Å². The first kappa shape index (κ1) is 11.8. The summed E-state index contributed by atoms with van der Waals surface area (Å²) in [5.74, 6) is 1.05. The van der Waals surface area contributed by atoms with Gasteiger partial charge in [0.1, 0.15) is 5.82 Å². The third-order valence-electron chi connectivity index (χ3n) is 2.86. The number of nitrogens with one attached hydrogen (secondary N) is 1. The van der Waals surface area contributed by atoms with E-state index in [4.69, 9.17) is 0 Å². The summed E-state index contributed by atoms with van der Waals surface area (Å²) in [6.45, 7) is 5.99. The van der Waals surface area contributed by atoms with Gasteiger partial charge in [-0.3, -0.25) is 4.98 Å². The maximum Gasteiger partial charge on any atom is 0.105 e. The molecule has 0 saturated heterocycles. The SMILES string of the molecule is Cc1nccn1CCNC(C)c1ccccn1. The summed E-state index contributed by atoms with van der Waals surface area (Å²) in [7, 11) is 0. The molecule has 0 aliphatic rings. The highest BCUT2D eigenvalue weighted by Crippen LogP contribution is 2.07. The van der Waals surface area contributed by atoms with Crippen molar-refractivity contribution in [3.05, 3.63) is 48.3 Å². The molecule has 0 amide bonds. The Morgan fingerprint density at radius 2 is 2.18 bits per heavy atom. The molecule has 17 heavy (non-hydrogen) atoms. The lowest BCUT2D eigenvalue weighted by Gasteiger charge is -2.13. The fraction of sp³-hybridized carbons (Fsp3) is 0.385. The fourth-order valence-electron chi connectivity index (χ4n) is 1.78. The molecule has 0 aliphatic heterocycles.